The molecule has 0 aliphatic rings. The van der Waals surface area contributed by atoms with Gasteiger partial charge in [0.15, 0.2) is 5.76 Å². The molecule has 0 aliphatic heterocycles. The fourth-order valence-electron chi connectivity index (χ4n) is 2.13. The Morgan fingerprint density at radius 3 is 2.52 bits per heavy atom. The number of nitrogens with one attached hydrogen (secondary N) is 2. The van der Waals surface area contributed by atoms with Gasteiger partial charge in [-0.1, -0.05) is 13.8 Å². The predicted octanol–water partition coefficient (Wildman–Crippen LogP) is 3.12. The number of rotatable bonds is 5. The van der Waals surface area contributed by atoms with E-state index in [1.807, 2.05) is 13.8 Å². The molecule has 5 nitrogen and oxygen atoms in total. The van der Waals surface area contributed by atoms with Gasteiger partial charge in [-0.25, -0.2) is 4.39 Å². The summed E-state index contributed by atoms with van der Waals surface area (Å²) >= 11 is 0. The number of carbonyl (C=O) groups excluding carboxylic acids is 2. The van der Waals surface area contributed by atoms with E-state index in [1.165, 1.54) is 30.5 Å². The Kier molecular flexibility index (Phi) is 5.16. The number of anilines is 1. The molecule has 1 aromatic carbocycles. The zero-order chi connectivity index (χ0) is 17.0. The SMILES string of the molecule is Cc1cc(F)ccc1NC(=O)C(NC(=O)c1ccco1)C(C)C. The van der Waals surface area contributed by atoms with Crippen LogP contribution in [0.4, 0.5) is 10.1 Å². The molecule has 0 bridgehead atoms. The molecule has 23 heavy (non-hydrogen) atoms. The average molecular weight is 318 g/mol. The first-order chi connectivity index (χ1) is 10.9. The van der Waals surface area contributed by atoms with Crippen molar-refractivity contribution in [2.75, 3.05) is 5.32 Å². The molecule has 0 saturated carbocycles. The summed E-state index contributed by atoms with van der Waals surface area (Å²) in [5, 5.41) is 5.37. The smallest absolute Gasteiger partial charge is 0.287 e. The van der Waals surface area contributed by atoms with Gasteiger partial charge in [0.25, 0.3) is 5.91 Å². The normalized spacial score (nSPS) is 12.0. The molecule has 2 amide bonds. The van der Waals surface area contributed by atoms with Crippen LogP contribution >= 0.6 is 0 Å². The monoisotopic (exact) mass is 318 g/mol. The van der Waals surface area contributed by atoms with E-state index in [9.17, 15) is 14.0 Å². The number of aryl methyl sites for hydroxylation is 1. The quantitative estimate of drug-likeness (QED) is 0.890. The van der Waals surface area contributed by atoms with E-state index in [2.05, 4.69) is 10.6 Å². The van der Waals surface area contributed by atoms with Crippen LogP contribution in [0.2, 0.25) is 0 Å². The van der Waals surface area contributed by atoms with E-state index in [-0.39, 0.29) is 23.4 Å². The summed E-state index contributed by atoms with van der Waals surface area (Å²) in [5.41, 5.74) is 1.12. The summed E-state index contributed by atoms with van der Waals surface area (Å²) < 4.78 is 18.1. The Morgan fingerprint density at radius 1 is 1.22 bits per heavy atom. The minimum Gasteiger partial charge on any atom is -0.459 e. The molecule has 0 radical (unpaired) electrons. The van der Waals surface area contributed by atoms with Crippen molar-refractivity contribution in [3.05, 3.63) is 53.7 Å². The number of amides is 2. The van der Waals surface area contributed by atoms with Gasteiger partial charge in [0.2, 0.25) is 5.91 Å². The molecule has 0 spiro atoms. The largest absolute Gasteiger partial charge is 0.459 e. The molecule has 2 aromatic rings. The van der Waals surface area contributed by atoms with Crippen LogP contribution in [-0.4, -0.2) is 17.9 Å². The number of benzene rings is 1. The highest BCUT2D eigenvalue weighted by molar-refractivity contribution is 6.00. The van der Waals surface area contributed by atoms with Crippen molar-refractivity contribution in [3.8, 4) is 0 Å². The van der Waals surface area contributed by atoms with E-state index >= 15 is 0 Å². The summed E-state index contributed by atoms with van der Waals surface area (Å²) in [6.07, 6.45) is 1.39. The fourth-order valence-corrected chi connectivity index (χ4v) is 2.13. The second-order valence-electron chi connectivity index (χ2n) is 5.62. The minimum atomic E-state index is -0.739. The average Bonchev–Trinajstić information content (AvgIpc) is 3.01. The first-order valence-electron chi connectivity index (χ1n) is 7.30. The molecule has 1 heterocycles. The number of furan rings is 1. The lowest BCUT2D eigenvalue weighted by atomic mass is 10.0. The van der Waals surface area contributed by atoms with Gasteiger partial charge in [0.05, 0.1) is 6.26 Å². The van der Waals surface area contributed by atoms with Gasteiger partial charge in [0, 0.05) is 5.69 Å². The zero-order valence-electron chi connectivity index (χ0n) is 13.2. The van der Waals surface area contributed by atoms with E-state index in [0.717, 1.165) is 0 Å². The highest BCUT2D eigenvalue weighted by atomic mass is 19.1. The van der Waals surface area contributed by atoms with E-state index in [4.69, 9.17) is 4.42 Å². The maximum Gasteiger partial charge on any atom is 0.287 e. The Balaban J connectivity index is 2.10. The third-order valence-electron chi connectivity index (χ3n) is 3.43. The molecular weight excluding hydrogens is 299 g/mol. The van der Waals surface area contributed by atoms with Crippen molar-refractivity contribution in [1.82, 2.24) is 5.32 Å². The lowest BCUT2D eigenvalue weighted by Crippen LogP contribution is -2.47. The summed E-state index contributed by atoms with van der Waals surface area (Å²) in [4.78, 5) is 24.5. The standard InChI is InChI=1S/C17H19FN2O3/c1-10(2)15(20-16(21)14-5-4-8-23-14)17(22)19-13-7-6-12(18)9-11(13)3/h4-10,15H,1-3H3,(H,19,22)(H,20,21). The minimum absolute atomic E-state index is 0.130. The second kappa shape index (κ2) is 7.09. The van der Waals surface area contributed by atoms with Crippen LogP contribution < -0.4 is 10.6 Å². The molecule has 0 fully saturated rings. The van der Waals surface area contributed by atoms with Crippen molar-refractivity contribution in [1.29, 1.82) is 0 Å². The predicted molar refractivity (Wildman–Crippen MR) is 84.6 cm³/mol. The van der Waals surface area contributed by atoms with E-state index < -0.39 is 11.9 Å². The first kappa shape index (κ1) is 16.7. The van der Waals surface area contributed by atoms with Crippen LogP contribution in [0, 0.1) is 18.7 Å². The second-order valence-corrected chi connectivity index (χ2v) is 5.62. The Bertz CT molecular complexity index is 696. The number of hydrogen-bond donors (Lipinski definition) is 2. The van der Waals surface area contributed by atoms with Crippen LogP contribution in [0.3, 0.4) is 0 Å². The van der Waals surface area contributed by atoms with Gasteiger partial charge in [-0.05, 0) is 48.7 Å². The third kappa shape index (κ3) is 4.18. The molecule has 2 rings (SSSR count). The van der Waals surface area contributed by atoms with Crippen molar-refractivity contribution in [2.45, 2.75) is 26.8 Å². The fraction of sp³-hybridized carbons (Fsp3) is 0.294. The van der Waals surface area contributed by atoms with Gasteiger partial charge in [-0.3, -0.25) is 9.59 Å². The van der Waals surface area contributed by atoms with Crippen LogP contribution in [0.1, 0.15) is 30.0 Å². The Morgan fingerprint density at radius 2 is 1.96 bits per heavy atom. The highest BCUT2D eigenvalue weighted by Gasteiger charge is 2.26. The summed E-state index contributed by atoms with van der Waals surface area (Å²) in [6, 6.07) is 6.48. The molecule has 2 N–H and O–H groups in total. The van der Waals surface area contributed by atoms with Crippen molar-refractivity contribution in [3.63, 3.8) is 0 Å². The van der Waals surface area contributed by atoms with Crippen LogP contribution in [0.15, 0.2) is 41.0 Å². The highest BCUT2D eigenvalue weighted by Crippen LogP contribution is 2.17. The van der Waals surface area contributed by atoms with Crippen molar-refractivity contribution in [2.24, 2.45) is 5.92 Å². The van der Waals surface area contributed by atoms with Gasteiger partial charge < -0.3 is 15.1 Å². The van der Waals surface area contributed by atoms with Gasteiger partial charge >= 0.3 is 0 Å². The topological polar surface area (TPSA) is 71.3 Å². The lowest BCUT2D eigenvalue weighted by molar-refractivity contribution is -0.118. The van der Waals surface area contributed by atoms with Gasteiger partial charge in [-0.2, -0.15) is 0 Å². The summed E-state index contributed by atoms with van der Waals surface area (Å²) in [5.74, 6) is -1.18. The van der Waals surface area contributed by atoms with Crippen LogP contribution in [0.25, 0.3) is 0 Å². The molecule has 1 aromatic heterocycles. The van der Waals surface area contributed by atoms with Crippen molar-refractivity contribution >= 4 is 17.5 Å². The molecule has 1 unspecified atom stereocenters. The molecule has 1 atom stereocenters. The Labute approximate surface area is 133 Å². The molecular formula is C17H19FN2O3. The zero-order valence-corrected chi connectivity index (χ0v) is 13.2. The van der Waals surface area contributed by atoms with Gasteiger partial charge in [0.1, 0.15) is 11.9 Å². The molecule has 0 saturated heterocycles. The van der Waals surface area contributed by atoms with Crippen molar-refractivity contribution < 1.29 is 18.4 Å². The third-order valence-corrected chi connectivity index (χ3v) is 3.43. The summed E-state index contributed by atoms with van der Waals surface area (Å²) in [6.45, 7) is 5.35. The Hall–Kier alpha value is -2.63. The maximum atomic E-state index is 13.1. The molecule has 0 aliphatic carbocycles. The lowest BCUT2D eigenvalue weighted by Gasteiger charge is -2.21. The number of carbonyl (C=O) groups is 2. The maximum absolute atomic E-state index is 13.1. The number of hydrogen-bond acceptors (Lipinski definition) is 3. The molecule has 6 heteroatoms. The van der Waals surface area contributed by atoms with E-state index in [0.29, 0.717) is 11.3 Å². The van der Waals surface area contributed by atoms with Crippen LogP contribution in [-0.2, 0) is 4.79 Å². The summed E-state index contributed by atoms with van der Waals surface area (Å²) in [7, 11) is 0. The van der Waals surface area contributed by atoms with Crippen LogP contribution in [0.5, 0.6) is 0 Å². The molecule has 122 valence electrons. The van der Waals surface area contributed by atoms with E-state index in [1.54, 1.807) is 13.0 Å². The number of halogens is 1. The van der Waals surface area contributed by atoms with Gasteiger partial charge in [-0.15, -0.1) is 0 Å². The first-order valence-corrected chi connectivity index (χ1v) is 7.30.